The fourth-order valence-corrected chi connectivity index (χ4v) is 7.24. The van der Waals surface area contributed by atoms with E-state index in [-0.39, 0.29) is 30.6 Å². The summed E-state index contributed by atoms with van der Waals surface area (Å²) < 4.78 is 197. The molecule has 2 heterocycles. The van der Waals surface area contributed by atoms with E-state index in [0.29, 0.717) is 25.1 Å². The lowest BCUT2D eigenvalue weighted by Gasteiger charge is -2.32. The Labute approximate surface area is 362 Å². The number of ether oxygens (including phenoxy) is 4. The first-order chi connectivity index (χ1) is 28.7. The third-order valence-corrected chi connectivity index (χ3v) is 11.4. The van der Waals surface area contributed by atoms with Gasteiger partial charge in [-0.1, -0.05) is 24.3 Å². The highest BCUT2D eigenvalue weighted by molar-refractivity contribution is 8.00. The summed E-state index contributed by atoms with van der Waals surface area (Å²) in [6, 6.07) is 9.63. The molecule has 17 nitrogen and oxygen atoms in total. The van der Waals surface area contributed by atoms with Gasteiger partial charge in [0.1, 0.15) is 34.9 Å². The van der Waals surface area contributed by atoms with Crippen LogP contribution in [0, 0.1) is 0 Å². The molecule has 2 unspecified atom stereocenters. The van der Waals surface area contributed by atoms with Gasteiger partial charge in [0.05, 0.1) is 26.3 Å². The van der Waals surface area contributed by atoms with E-state index in [2.05, 4.69) is 4.18 Å². The van der Waals surface area contributed by atoms with Crippen LogP contribution >= 0.6 is 0 Å². The summed E-state index contributed by atoms with van der Waals surface area (Å²) in [5, 5.41) is 10.1. The maximum absolute atomic E-state index is 12.7. The Kier molecular flexibility index (Phi) is 17.8. The highest BCUT2D eigenvalue weighted by atomic mass is 32.3. The molecule has 0 radical (unpaired) electrons. The number of aromatic hydroxyl groups is 1. The van der Waals surface area contributed by atoms with Gasteiger partial charge in [-0.25, -0.2) is 9.59 Å². The van der Waals surface area contributed by atoms with Gasteiger partial charge in [0.25, 0.3) is 0 Å². The number of nitrogens with zero attached hydrogens (tertiary/aromatic N) is 2. The minimum absolute atomic E-state index is 0.0612. The van der Waals surface area contributed by atoms with Gasteiger partial charge in [-0.3, -0.25) is 0 Å². The molecule has 2 aromatic rings. The van der Waals surface area contributed by atoms with Crippen LogP contribution in [-0.2, 0) is 65.8 Å². The third kappa shape index (κ3) is 16.0. The van der Waals surface area contributed by atoms with Crippen molar-refractivity contribution in [3.63, 3.8) is 0 Å². The first kappa shape index (κ1) is 55.8. The van der Waals surface area contributed by atoms with Crippen molar-refractivity contribution in [3.8, 4) is 11.5 Å². The Balaban J connectivity index is 0.000000347. The van der Waals surface area contributed by atoms with Crippen LogP contribution in [0.1, 0.15) is 76.0 Å². The number of hydrogen-bond acceptors (Lipinski definition) is 15. The molecule has 0 aromatic heterocycles. The minimum atomic E-state index is -6.85. The van der Waals surface area contributed by atoms with Crippen LogP contribution in [0.5, 0.6) is 11.5 Å². The quantitative estimate of drug-likeness (QED) is 0.160. The standard InChI is InChI=1S/C17H22F3NO6S.C16H23NO4.C2F6O5S2/c1-16(2,3)26-15(22)21(4)10-13-14-11(8-9-25-13)6-5-7-12(14)27-28(23,24)17(18,19)20;1-16(2,3)21-15(19)17(4)10-13-14-11(8-9-20-13)6-5-7-12(14)18;3-1(4,5)14(9,10)13-15(11,12)2(6,7)8/h5-7,13H,8-10H2,1-4H3;5-7,13,18H,8-10H2,1-4H3;. The van der Waals surface area contributed by atoms with E-state index >= 15 is 0 Å². The van der Waals surface area contributed by atoms with Crippen molar-refractivity contribution in [1.82, 2.24) is 9.80 Å². The van der Waals surface area contributed by atoms with Gasteiger partial charge in [0, 0.05) is 25.2 Å². The normalized spacial score (nSPS) is 17.2. The predicted octanol–water partition coefficient (Wildman–Crippen LogP) is 6.97. The molecule has 0 saturated carbocycles. The fourth-order valence-electron chi connectivity index (χ4n) is 5.20. The number of phenolic OH excluding ortho intramolecular Hbond substituents is 1. The number of likely N-dealkylation sites (N-methyl/N-ethyl adjacent to an activating group) is 2. The summed E-state index contributed by atoms with van der Waals surface area (Å²) >= 11 is 0. The number of halogens is 9. The first-order valence-corrected chi connectivity index (χ1v) is 22.3. The molecule has 2 atom stereocenters. The second-order valence-electron chi connectivity index (χ2n) is 15.5. The monoisotopic (exact) mass is 1000 g/mol. The van der Waals surface area contributed by atoms with Gasteiger partial charge < -0.3 is 38.0 Å². The SMILES string of the molecule is CN(CC1OCCc2cccc(O)c21)C(=O)OC(C)(C)C.CN(CC1OCCc2cccc(OS(=O)(=O)C(F)(F)F)c21)C(=O)OC(C)(C)C.O=S(=O)(OS(=O)(=O)C(F)(F)F)C(F)(F)F. The number of fused-ring (bicyclic) bond motifs is 2. The summed E-state index contributed by atoms with van der Waals surface area (Å²) in [4.78, 5) is 26.9. The van der Waals surface area contributed by atoms with Crippen molar-refractivity contribution in [3.05, 3.63) is 58.7 Å². The number of phenols is 1. The lowest BCUT2D eigenvalue weighted by atomic mass is 9.96. The van der Waals surface area contributed by atoms with Crippen molar-refractivity contribution in [2.45, 2.75) is 94.3 Å². The second-order valence-corrected chi connectivity index (χ2v) is 20.3. The maximum Gasteiger partial charge on any atom is 0.534 e. The van der Waals surface area contributed by atoms with Crippen LogP contribution in [0.3, 0.4) is 0 Å². The first-order valence-electron chi connectivity index (χ1n) is 18.1. The van der Waals surface area contributed by atoms with E-state index in [1.807, 2.05) is 36.5 Å². The predicted molar refractivity (Wildman–Crippen MR) is 204 cm³/mol. The number of hydrogen-bond donors (Lipinski definition) is 1. The van der Waals surface area contributed by atoms with Crippen molar-refractivity contribution in [2.75, 3.05) is 40.4 Å². The molecule has 0 spiro atoms. The van der Waals surface area contributed by atoms with E-state index in [4.69, 9.17) is 18.9 Å². The highest BCUT2D eigenvalue weighted by Gasteiger charge is 2.57. The van der Waals surface area contributed by atoms with Crippen molar-refractivity contribution in [1.29, 1.82) is 0 Å². The van der Waals surface area contributed by atoms with Crippen LogP contribution < -0.4 is 4.18 Å². The zero-order chi connectivity index (χ0) is 49.7. The van der Waals surface area contributed by atoms with E-state index in [9.17, 15) is 79.5 Å². The molecule has 0 bridgehead atoms. The number of amides is 2. The molecule has 4 rings (SSSR count). The summed E-state index contributed by atoms with van der Waals surface area (Å²) in [5.74, 6) is -0.257. The Morgan fingerprint density at radius 1 is 0.625 bits per heavy atom. The summed E-state index contributed by atoms with van der Waals surface area (Å²) in [5.41, 5.74) is -16.7. The average molecular weight is 1000 g/mol. The molecule has 1 N–H and O–H groups in total. The van der Waals surface area contributed by atoms with Crippen molar-refractivity contribution < 1.29 is 106 Å². The average Bonchev–Trinajstić information content (AvgIpc) is 3.09. The van der Waals surface area contributed by atoms with E-state index in [1.165, 1.54) is 22.9 Å². The number of carbonyl (C=O) groups is 2. The molecule has 64 heavy (non-hydrogen) atoms. The Morgan fingerprint density at radius 3 is 1.36 bits per heavy atom. The number of benzene rings is 2. The lowest BCUT2D eigenvalue weighted by molar-refractivity contribution is -0.0586. The molecular formula is C35H45F9N2O15S3. The summed E-state index contributed by atoms with van der Waals surface area (Å²) in [7, 11) is -16.4. The molecule has 366 valence electrons. The van der Waals surface area contributed by atoms with Crippen molar-refractivity contribution in [2.24, 2.45) is 0 Å². The molecule has 2 aliphatic rings. The summed E-state index contributed by atoms with van der Waals surface area (Å²) in [6.45, 7) is 11.7. The molecule has 0 fully saturated rings. The van der Waals surface area contributed by atoms with Gasteiger partial charge in [-0.15, -0.1) is 3.63 Å². The zero-order valence-electron chi connectivity index (χ0n) is 35.0. The van der Waals surface area contributed by atoms with Gasteiger partial charge >= 0.3 is 59.1 Å². The Morgan fingerprint density at radius 2 is 0.984 bits per heavy atom. The highest BCUT2D eigenvalue weighted by Crippen LogP contribution is 2.39. The van der Waals surface area contributed by atoms with Crippen LogP contribution in [0.4, 0.5) is 49.1 Å². The largest absolute Gasteiger partial charge is 0.534 e. The molecule has 0 aliphatic carbocycles. The van der Waals surface area contributed by atoms with E-state index in [0.717, 1.165) is 23.6 Å². The van der Waals surface area contributed by atoms with Crippen LogP contribution in [0.2, 0.25) is 0 Å². The number of rotatable bonds is 8. The summed E-state index contributed by atoms with van der Waals surface area (Å²) in [6.07, 6.45) is -1.10. The van der Waals surface area contributed by atoms with Crippen molar-refractivity contribution >= 4 is 42.5 Å². The second kappa shape index (κ2) is 20.5. The molecule has 29 heteroatoms. The lowest BCUT2D eigenvalue weighted by Crippen LogP contribution is -2.38. The van der Waals surface area contributed by atoms with Crippen LogP contribution in [-0.4, -0.2) is 120 Å². The maximum atomic E-state index is 12.7. The topological polar surface area (TPSA) is 219 Å². The van der Waals surface area contributed by atoms with Crippen LogP contribution in [0.25, 0.3) is 0 Å². The van der Waals surface area contributed by atoms with Gasteiger partial charge in [-0.05, 0) is 77.6 Å². The fraction of sp³-hybridized carbons (Fsp3) is 0.600. The van der Waals surface area contributed by atoms with Crippen LogP contribution in [0.15, 0.2) is 36.4 Å². The van der Waals surface area contributed by atoms with Gasteiger partial charge in [0.15, 0.2) is 0 Å². The zero-order valence-corrected chi connectivity index (χ0v) is 37.5. The molecule has 2 aromatic carbocycles. The molecule has 2 amide bonds. The molecular weight excluding hydrogens is 956 g/mol. The molecule has 2 aliphatic heterocycles. The molecule has 0 saturated heterocycles. The Bertz CT molecular complexity index is 2250. The smallest absolute Gasteiger partial charge is 0.508 e. The van der Waals surface area contributed by atoms with Gasteiger partial charge in [-0.2, -0.15) is 64.8 Å². The number of alkyl halides is 9. The Hall–Kier alpha value is -4.32. The van der Waals surface area contributed by atoms with Gasteiger partial charge in [0.2, 0.25) is 0 Å². The van der Waals surface area contributed by atoms with E-state index in [1.54, 1.807) is 40.0 Å². The van der Waals surface area contributed by atoms with E-state index < -0.39 is 82.1 Å². The number of carbonyl (C=O) groups excluding carboxylic acids is 2. The third-order valence-electron chi connectivity index (χ3n) is 7.87. The minimum Gasteiger partial charge on any atom is -0.508 e.